The van der Waals surface area contributed by atoms with Crippen LogP contribution in [-0.4, -0.2) is 32.8 Å². The molecule has 0 fully saturated rings. The van der Waals surface area contributed by atoms with Gasteiger partial charge in [0.05, 0.1) is 11.3 Å². The molecule has 1 aromatic heterocycles. The Bertz CT molecular complexity index is 740. The lowest BCUT2D eigenvalue weighted by molar-refractivity contribution is 0.0166. The number of nitrogens with zero attached hydrogens (tertiary/aromatic N) is 2. The van der Waals surface area contributed by atoms with Gasteiger partial charge in [0.15, 0.2) is 0 Å². The zero-order valence-corrected chi connectivity index (χ0v) is 15.0. The minimum absolute atomic E-state index is 0.0149. The molecule has 1 atom stereocenters. The number of hydrogen-bond donors (Lipinski definition) is 3. The summed E-state index contributed by atoms with van der Waals surface area (Å²) in [5.74, 6) is 0.325. The highest BCUT2D eigenvalue weighted by Crippen LogP contribution is 2.17. The maximum atomic E-state index is 14.3. The molecule has 0 aliphatic heterocycles. The van der Waals surface area contributed by atoms with Gasteiger partial charge >= 0.3 is 6.03 Å². The Hall–Kier alpha value is -2.41. The van der Waals surface area contributed by atoms with Gasteiger partial charge < -0.3 is 20.3 Å². The Kier molecular flexibility index (Phi) is 5.79. The van der Waals surface area contributed by atoms with Crippen LogP contribution in [0.4, 0.5) is 9.18 Å². The monoisotopic (exact) mass is 348 g/mol. The van der Waals surface area contributed by atoms with Crippen molar-refractivity contribution in [1.29, 1.82) is 0 Å². The Morgan fingerprint density at radius 3 is 2.68 bits per heavy atom. The number of nitrogens with one attached hydrogen (secondary N) is 2. The van der Waals surface area contributed by atoms with Crippen molar-refractivity contribution in [2.45, 2.75) is 39.8 Å². The summed E-state index contributed by atoms with van der Waals surface area (Å²) in [5, 5.41) is 15.4. The van der Waals surface area contributed by atoms with E-state index >= 15 is 0 Å². The fourth-order valence-corrected chi connectivity index (χ4v) is 2.20. The summed E-state index contributed by atoms with van der Waals surface area (Å²) in [6.07, 6.45) is 3.31. The Morgan fingerprint density at radius 1 is 1.40 bits per heavy atom. The first-order chi connectivity index (χ1) is 11.7. The second kappa shape index (κ2) is 7.65. The van der Waals surface area contributed by atoms with Crippen molar-refractivity contribution in [3.8, 4) is 5.69 Å². The van der Waals surface area contributed by atoms with Crippen LogP contribution in [-0.2, 0) is 6.54 Å². The third-order valence-electron chi connectivity index (χ3n) is 4.40. The van der Waals surface area contributed by atoms with Crippen molar-refractivity contribution in [3.63, 3.8) is 0 Å². The number of aryl methyl sites for hydroxylation is 1. The van der Waals surface area contributed by atoms with Crippen LogP contribution >= 0.6 is 0 Å². The molecule has 1 heterocycles. The molecule has 0 saturated heterocycles. The van der Waals surface area contributed by atoms with E-state index in [0.29, 0.717) is 17.1 Å². The second-order valence-electron chi connectivity index (χ2n) is 6.68. The van der Waals surface area contributed by atoms with E-state index in [-0.39, 0.29) is 24.8 Å². The molecule has 0 radical (unpaired) electrons. The molecule has 0 aliphatic carbocycles. The highest BCUT2D eigenvalue weighted by atomic mass is 19.1. The molecular formula is C18H25FN4O2. The number of aliphatic hydroxyl groups is 1. The molecule has 2 aromatic rings. The Labute approximate surface area is 147 Å². The third-order valence-corrected chi connectivity index (χ3v) is 4.40. The number of imidazole rings is 1. The molecule has 2 rings (SSSR count). The lowest BCUT2D eigenvalue weighted by Gasteiger charge is -2.27. The third kappa shape index (κ3) is 4.79. The van der Waals surface area contributed by atoms with Gasteiger partial charge in [-0.05, 0) is 37.5 Å². The molecule has 2 amide bonds. The summed E-state index contributed by atoms with van der Waals surface area (Å²) in [6.45, 7) is 7.56. The van der Waals surface area contributed by atoms with Crippen molar-refractivity contribution >= 4 is 6.03 Å². The van der Waals surface area contributed by atoms with E-state index in [2.05, 4.69) is 15.6 Å². The van der Waals surface area contributed by atoms with Gasteiger partial charge in [0.2, 0.25) is 0 Å². The number of carbonyl (C=O) groups is 1. The Balaban J connectivity index is 1.92. The smallest absolute Gasteiger partial charge is 0.315 e. The van der Waals surface area contributed by atoms with E-state index in [0.717, 1.165) is 0 Å². The molecule has 3 N–H and O–H groups in total. The Morgan fingerprint density at radius 2 is 2.12 bits per heavy atom. The van der Waals surface area contributed by atoms with Crippen LogP contribution in [0.2, 0.25) is 0 Å². The summed E-state index contributed by atoms with van der Waals surface area (Å²) in [5.41, 5.74) is 0.0780. The van der Waals surface area contributed by atoms with Crippen LogP contribution in [0.3, 0.4) is 0 Å². The highest BCUT2D eigenvalue weighted by molar-refractivity contribution is 5.73. The van der Waals surface area contributed by atoms with Crippen molar-refractivity contribution in [2.24, 2.45) is 5.92 Å². The maximum absolute atomic E-state index is 14.3. The fourth-order valence-electron chi connectivity index (χ4n) is 2.20. The number of benzene rings is 1. The highest BCUT2D eigenvalue weighted by Gasteiger charge is 2.25. The van der Waals surface area contributed by atoms with E-state index in [4.69, 9.17) is 0 Å². The summed E-state index contributed by atoms with van der Waals surface area (Å²) in [7, 11) is 0. The standard InChI is InChI=1S/C18H25FN4O2/c1-12(2)18(4,25)11-22-17(24)21-10-14-5-6-16(15(19)9-14)23-8-7-20-13(23)3/h5-9,12,25H,10-11H2,1-4H3,(H2,21,22,24). The van der Waals surface area contributed by atoms with Gasteiger partial charge in [-0.2, -0.15) is 0 Å². The van der Waals surface area contributed by atoms with Gasteiger partial charge in [-0.25, -0.2) is 14.2 Å². The number of carbonyl (C=O) groups excluding carboxylic acids is 1. The first kappa shape index (κ1) is 18.9. The van der Waals surface area contributed by atoms with Gasteiger partial charge in [-0.1, -0.05) is 19.9 Å². The van der Waals surface area contributed by atoms with Crippen LogP contribution in [0.15, 0.2) is 30.6 Å². The van der Waals surface area contributed by atoms with Crippen molar-refractivity contribution in [1.82, 2.24) is 20.2 Å². The van der Waals surface area contributed by atoms with E-state index in [1.54, 1.807) is 42.9 Å². The normalized spacial score (nSPS) is 13.6. The molecule has 1 aromatic carbocycles. The molecule has 0 saturated carbocycles. The van der Waals surface area contributed by atoms with E-state index in [1.165, 1.54) is 6.07 Å². The SMILES string of the molecule is Cc1nccn1-c1ccc(CNC(=O)NCC(C)(O)C(C)C)cc1F. The lowest BCUT2D eigenvalue weighted by Crippen LogP contribution is -2.47. The molecule has 6 nitrogen and oxygen atoms in total. The van der Waals surface area contributed by atoms with Crippen LogP contribution in [0.5, 0.6) is 0 Å². The van der Waals surface area contributed by atoms with Crippen LogP contribution < -0.4 is 10.6 Å². The predicted octanol–water partition coefficient (Wildman–Crippen LogP) is 2.53. The average molecular weight is 348 g/mol. The number of aromatic nitrogens is 2. The number of halogens is 1. The molecular weight excluding hydrogens is 323 g/mol. The predicted molar refractivity (Wildman–Crippen MR) is 94.0 cm³/mol. The van der Waals surface area contributed by atoms with Crippen LogP contribution in [0.1, 0.15) is 32.2 Å². The topological polar surface area (TPSA) is 79.2 Å². The summed E-state index contributed by atoms with van der Waals surface area (Å²) >= 11 is 0. The summed E-state index contributed by atoms with van der Waals surface area (Å²) < 4.78 is 16.0. The first-order valence-electron chi connectivity index (χ1n) is 8.23. The molecule has 0 spiro atoms. The van der Waals surface area contributed by atoms with Crippen molar-refractivity contribution in [3.05, 3.63) is 47.8 Å². The summed E-state index contributed by atoms with van der Waals surface area (Å²) in [4.78, 5) is 15.9. The van der Waals surface area contributed by atoms with Gasteiger partial charge in [-0.3, -0.25) is 0 Å². The number of rotatable bonds is 6. The van der Waals surface area contributed by atoms with Crippen LogP contribution in [0, 0.1) is 18.7 Å². The number of urea groups is 1. The summed E-state index contributed by atoms with van der Waals surface area (Å²) in [6, 6.07) is 4.39. The second-order valence-corrected chi connectivity index (χ2v) is 6.68. The van der Waals surface area contributed by atoms with Crippen molar-refractivity contribution in [2.75, 3.05) is 6.54 Å². The molecule has 0 aliphatic rings. The van der Waals surface area contributed by atoms with Crippen molar-refractivity contribution < 1.29 is 14.3 Å². The molecule has 136 valence electrons. The van der Waals surface area contributed by atoms with Gasteiger partial charge in [-0.15, -0.1) is 0 Å². The fraction of sp³-hybridized carbons (Fsp3) is 0.444. The van der Waals surface area contributed by atoms with Gasteiger partial charge in [0, 0.05) is 25.5 Å². The minimum atomic E-state index is -0.978. The van der Waals surface area contributed by atoms with E-state index in [1.807, 2.05) is 13.8 Å². The van der Waals surface area contributed by atoms with E-state index < -0.39 is 11.6 Å². The van der Waals surface area contributed by atoms with Crippen LogP contribution in [0.25, 0.3) is 5.69 Å². The largest absolute Gasteiger partial charge is 0.388 e. The quantitative estimate of drug-likeness (QED) is 0.750. The number of amides is 2. The molecule has 25 heavy (non-hydrogen) atoms. The molecule has 7 heteroatoms. The van der Waals surface area contributed by atoms with Gasteiger partial charge in [0.25, 0.3) is 0 Å². The maximum Gasteiger partial charge on any atom is 0.315 e. The zero-order valence-electron chi connectivity index (χ0n) is 15.0. The minimum Gasteiger partial charge on any atom is -0.388 e. The lowest BCUT2D eigenvalue weighted by atomic mass is 9.93. The zero-order chi connectivity index (χ0) is 18.6. The average Bonchev–Trinajstić information content (AvgIpc) is 2.97. The van der Waals surface area contributed by atoms with Gasteiger partial charge in [0.1, 0.15) is 11.6 Å². The molecule has 0 bridgehead atoms. The first-order valence-corrected chi connectivity index (χ1v) is 8.23. The van der Waals surface area contributed by atoms with E-state index in [9.17, 15) is 14.3 Å². The number of hydrogen-bond acceptors (Lipinski definition) is 3. The molecule has 1 unspecified atom stereocenters.